The number of thioether (sulfide) groups is 1. The van der Waals surface area contributed by atoms with Crippen molar-refractivity contribution in [1.82, 2.24) is 10.6 Å². The van der Waals surface area contributed by atoms with E-state index in [4.69, 9.17) is 11.6 Å². The summed E-state index contributed by atoms with van der Waals surface area (Å²) in [7, 11) is 0. The molecule has 0 saturated carbocycles. The maximum Gasteiger partial charge on any atom is 0.321 e. The van der Waals surface area contributed by atoms with Crippen molar-refractivity contribution in [2.75, 3.05) is 12.3 Å². The smallest absolute Gasteiger partial charge is 0.321 e. The van der Waals surface area contributed by atoms with Crippen LogP contribution in [-0.2, 0) is 4.79 Å². The molecule has 2 atom stereocenters. The Labute approximate surface area is 98.5 Å². The van der Waals surface area contributed by atoms with E-state index >= 15 is 0 Å². The van der Waals surface area contributed by atoms with E-state index in [2.05, 4.69) is 10.6 Å². The number of hydrogen-bond acceptors (Lipinski definition) is 3. The maximum atomic E-state index is 11.2. The lowest BCUT2D eigenvalue weighted by molar-refractivity contribution is -0.119. The lowest BCUT2D eigenvalue weighted by Gasteiger charge is -2.10. The summed E-state index contributed by atoms with van der Waals surface area (Å²) in [6.45, 7) is 2.14. The number of urea groups is 1. The van der Waals surface area contributed by atoms with Gasteiger partial charge in [-0.2, -0.15) is 11.8 Å². The Bertz CT molecular complexity index is 242. The number of hydrogen-bond donors (Lipinski definition) is 2. The van der Waals surface area contributed by atoms with Gasteiger partial charge in [0.05, 0.1) is 0 Å². The van der Waals surface area contributed by atoms with Crippen LogP contribution in [0.4, 0.5) is 4.79 Å². The molecule has 1 rings (SSSR count). The molecule has 1 heterocycles. The number of nitrogens with one attached hydrogen (secondary N) is 2. The summed E-state index contributed by atoms with van der Waals surface area (Å²) in [5.74, 6) is 0.694. The quantitative estimate of drug-likeness (QED) is 0.743. The molecule has 0 aliphatic carbocycles. The molecular weight excluding hydrogens is 236 g/mol. The van der Waals surface area contributed by atoms with Crippen molar-refractivity contribution in [3.8, 4) is 0 Å². The molecule has 0 aromatic carbocycles. The fraction of sp³-hybridized carbons (Fsp3) is 0.778. The molecule has 86 valence electrons. The van der Waals surface area contributed by atoms with Crippen LogP contribution < -0.4 is 10.6 Å². The van der Waals surface area contributed by atoms with Crippen molar-refractivity contribution in [1.29, 1.82) is 0 Å². The van der Waals surface area contributed by atoms with Crippen molar-refractivity contribution < 1.29 is 9.59 Å². The summed E-state index contributed by atoms with van der Waals surface area (Å²) in [6.07, 6.45) is 2.33. The molecule has 0 bridgehead atoms. The number of alkyl halides is 1. The van der Waals surface area contributed by atoms with Crippen LogP contribution >= 0.6 is 23.4 Å². The predicted molar refractivity (Wildman–Crippen MR) is 62.3 cm³/mol. The van der Waals surface area contributed by atoms with Gasteiger partial charge in [-0.3, -0.25) is 10.1 Å². The van der Waals surface area contributed by atoms with Crippen LogP contribution in [-0.4, -0.2) is 34.9 Å². The largest absolute Gasteiger partial charge is 0.337 e. The minimum atomic E-state index is -0.684. The summed E-state index contributed by atoms with van der Waals surface area (Å²) in [6, 6.07) is -0.458. The van der Waals surface area contributed by atoms with E-state index < -0.39 is 17.3 Å². The monoisotopic (exact) mass is 250 g/mol. The zero-order valence-electron chi connectivity index (χ0n) is 8.59. The first kappa shape index (κ1) is 12.6. The number of amides is 3. The molecule has 1 aliphatic heterocycles. The Morgan fingerprint density at radius 1 is 1.60 bits per heavy atom. The SMILES string of the molecule is CC(Cl)C(=O)NC(=O)NCC1CCCS1. The average molecular weight is 251 g/mol. The molecule has 15 heavy (non-hydrogen) atoms. The summed E-state index contributed by atoms with van der Waals surface area (Å²) < 4.78 is 0. The molecule has 1 aliphatic rings. The van der Waals surface area contributed by atoms with Crippen molar-refractivity contribution >= 4 is 35.3 Å². The minimum Gasteiger partial charge on any atom is -0.337 e. The molecule has 6 heteroatoms. The fourth-order valence-corrected chi connectivity index (χ4v) is 2.52. The van der Waals surface area contributed by atoms with E-state index in [0.717, 1.165) is 12.2 Å². The fourth-order valence-electron chi connectivity index (χ4n) is 1.27. The number of rotatable bonds is 3. The molecule has 0 radical (unpaired) electrons. The van der Waals surface area contributed by atoms with Crippen LogP contribution in [0.5, 0.6) is 0 Å². The van der Waals surface area contributed by atoms with Crippen LogP contribution in [0.3, 0.4) is 0 Å². The Kier molecular flexibility index (Phi) is 5.25. The van der Waals surface area contributed by atoms with Gasteiger partial charge in [-0.05, 0) is 25.5 Å². The van der Waals surface area contributed by atoms with Crippen molar-refractivity contribution in [3.63, 3.8) is 0 Å². The summed E-state index contributed by atoms with van der Waals surface area (Å²) >= 11 is 7.36. The van der Waals surface area contributed by atoms with Gasteiger partial charge in [0.1, 0.15) is 5.38 Å². The zero-order valence-corrected chi connectivity index (χ0v) is 10.2. The summed E-state index contributed by atoms with van der Waals surface area (Å²) in [5.41, 5.74) is 0. The van der Waals surface area contributed by atoms with Gasteiger partial charge in [0, 0.05) is 11.8 Å². The molecule has 0 spiro atoms. The molecule has 0 aromatic heterocycles. The highest BCUT2D eigenvalue weighted by molar-refractivity contribution is 8.00. The maximum absolute atomic E-state index is 11.2. The molecule has 0 aromatic rings. The highest BCUT2D eigenvalue weighted by Crippen LogP contribution is 2.25. The first-order valence-corrected chi connectivity index (χ1v) is 6.42. The average Bonchev–Trinajstić information content (AvgIpc) is 2.66. The third-order valence-corrected chi connectivity index (χ3v) is 3.71. The second-order valence-corrected chi connectivity index (χ2v) is 5.51. The van der Waals surface area contributed by atoms with E-state index in [0.29, 0.717) is 11.8 Å². The molecule has 1 saturated heterocycles. The number of imide groups is 1. The summed E-state index contributed by atoms with van der Waals surface area (Å²) in [5, 5.41) is 4.63. The van der Waals surface area contributed by atoms with E-state index in [1.807, 2.05) is 11.8 Å². The van der Waals surface area contributed by atoms with Crippen LogP contribution in [0.15, 0.2) is 0 Å². The van der Waals surface area contributed by atoms with E-state index in [1.54, 1.807) is 0 Å². The van der Waals surface area contributed by atoms with Crippen molar-refractivity contribution in [2.45, 2.75) is 30.4 Å². The van der Waals surface area contributed by atoms with Gasteiger partial charge in [0.15, 0.2) is 0 Å². The first-order valence-electron chi connectivity index (χ1n) is 4.94. The molecule has 3 amide bonds. The highest BCUT2D eigenvalue weighted by atomic mass is 35.5. The Morgan fingerprint density at radius 2 is 2.33 bits per heavy atom. The second kappa shape index (κ2) is 6.23. The lowest BCUT2D eigenvalue weighted by atomic mass is 10.2. The van der Waals surface area contributed by atoms with Gasteiger partial charge in [-0.15, -0.1) is 11.6 Å². The van der Waals surface area contributed by atoms with Crippen LogP contribution in [0.2, 0.25) is 0 Å². The minimum absolute atomic E-state index is 0.458. The molecule has 4 nitrogen and oxygen atoms in total. The third kappa shape index (κ3) is 4.75. The van der Waals surface area contributed by atoms with Crippen LogP contribution in [0.1, 0.15) is 19.8 Å². The molecule has 2 unspecified atom stereocenters. The third-order valence-electron chi connectivity index (χ3n) is 2.11. The van der Waals surface area contributed by atoms with E-state index in [1.165, 1.54) is 13.3 Å². The first-order chi connectivity index (χ1) is 7.09. The zero-order chi connectivity index (χ0) is 11.3. The number of carbonyl (C=O) groups is 2. The van der Waals surface area contributed by atoms with Gasteiger partial charge < -0.3 is 5.32 Å². The second-order valence-electron chi connectivity index (χ2n) is 3.45. The van der Waals surface area contributed by atoms with Gasteiger partial charge in [0.25, 0.3) is 0 Å². The van der Waals surface area contributed by atoms with E-state index in [9.17, 15) is 9.59 Å². The van der Waals surface area contributed by atoms with Crippen molar-refractivity contribution in [3.05, 3.63) is 0 Å². The Morgan fingerprint density at radius 3 is 2.87 bits per heavy atom. The number of carbonyl (C=O) groups excluding carboxylic acids is 2. The summed E-state index contributed by atoms with van der Waals surface area (Å²) in [4.78, 5) is 22.2. The van der Waals surface area contributed by atoms with E-state index in [-0.39, 0.29) is 0 Å². The van der Waals surface area contributed by atoms with Gasteiger partial charge in [-0.1, -0.05) is 0 Å². The topological polar surface area (TPSA) is 58.2 Å². The van der Waals surface area contributed by atoms with Gasteiger partial charge in [0.2, 0.25) is 5.91 Å². The van der Waals surface area contributed by atoms with Crippen LogP contribution in [0.25, 0.3) is 0 Å². The van der Waals surface area contributed by atoms with Crippen molar-refractivity contribution in [2.24, 2.45) is 0 Å². The molecular formula is C9H15ClN2O2S. The normalized spacial score (nSPS) is 22.1. The Hall–Kier alpha value is -0.420. The number of halogens is 1. The standard InChI is InChI=1S/C9H15ClN2O2S/c1-6(10)8(13)12-9(14)11-5-7-3-2-4-15-7/h6-7H,2-5H2,1H3,(H2,11,12,13,14). The predicted octanol–water partition coefficient (Wildman–Crippen LogP) is 1.34. The molecule has 1 fully saturated rings. The van der Waals surface area contributed by atoms with Gasteiger partial charge in [-0.25, -0.2) is 4.79 Å². The Balaban J connectivity index is 2.15. The van der Waals surface area contributed by atoms with Crippen LogP contribution in [0, 0.1) is 0 Å². The lowest BCUT2D eigenvalue weighted by Crippen LogP contribution is -2.43. The highest BCUT2D eigenvalue weighted by Gasteiger charge is 2.17. The molecule has 2 N–H and O–H groups in total. The van der Waals surface area contributed by atoms with Gasteiger partial charge >= 0.3 is 6.03 Å².